The monoisotopic (exact) mass is 383 g/mol. The molecule has 0 unspecified atom stereocenters. The second-order valence-corrected chi connectivity index (χ2v) is 7.30. The first-order chi connectivity index (χ1) is 12.9. The number of fused-ring (bicyclic) bond motifs is 1. The molecule has 0 aliphatic carbocycles. The number of aryl methyl sites for hydroxylation is 1. The van der Waals surface area contributed by atoms with Crippen molar-refractivity contribution in [1.82, 2.24) is 15.3 Å². The SMILES string of the molecule is CC(C)NC(=O)Nc1ccc(C(=O)N/N=c2\sc3ccccc3n2C)cc1. The zero-order valence-corrected chi connectivity index (χ0v) is 16.1. The molecule has 1 aromatic heterocycles. The Morgan fingerprint density at radius 1 is 1.07 bits per heavy atom. The number of anilines is 1. The van der Waals surface area contributed by atoms with Gasteiger partial charge < -0.3 is 15.2 Å². The number of carbonyl (C=O) groups is 2. The molecule has 3 rings (SSSR count). The van der Waals surface area contributed by atoms with E-state index in [1.165, 1.54) is 11.3 Å². The summed E-state index contributed by atoms with van der Waals surface area (Å²) in [5.41, 5.74) is 4.70. The summed E-state index contributed by atoms with van der Waals surface area (Å²) in [4.78, 5) is 24.7. The third-order valence-corrected chi connectivity index (χ3v) is 4.91. The normalized spacial score (nSPS) is 11.6. The zero-order valence-electron chi connectivity index (χ0n) is 15.3. The third-order valence-electron chi connectivity index (χ3n) is 3.79. The first kappa shape index (κ1) is 18.7. The Labute approximate surface area is 160 Å². The molecule has 0 aliphatic heterocycles. The summed E-state index contributed by atoms with van der Waals surface area (Å²) in [6.07, 6.45) is 0. The van der Waals surface area contributed by atoms with Crippen molar-refractivity contribution in [3.05, 3.63) is 58.9 Å². The summed E-state index contributed by atoms with van der Waals surface area (Å²) in [5, 5.41) is 9.68. The third kappa shape index (κ3) is 4.53. The smallest absolute Gasteiger partial charge is 0.319 e. The molecule has 3 amide bonds. The number of para-hydroxylation sites is 1. The van der Waals surface area contributed by atoms with E-state index in [2.05, 4.69) is 21.2 Å². The maximum absolute atomic E-state index is 12.3. The Balaban J connectivity index is 1.69. The van der Waals surface area contributed by atoms with E-state index in [0.29, 0.717) is 16.1 Å². The Morgan fingerprint density at radius 2 is 1.78 bits per heavy atom. The molecule has 2 aromatic carbocycles. The van der Waals surface area contributed by atoms with Crippen molar-refractivity contribution >= 4 is 39.2 Å². The van der Waals surface area contributed by atoms with E-state index in [-0.39, 0.29) is 18.0 Å². The quantitative estimate of drug-likeness (QED) is 0.605. The highest BCUT2D eigenvalue weighted by molar-refractivity contribution is 7.16. The lowest BCUT2D eigenvalue weighted by Gasteiger charge is -2.10. The standard InChI is InChI=1S/C19H21N5O2S/c1-12(2)20-18(26)21-14-10-8-13(9-11-14)17(25)22-23-19-24(3)15-6-4-5-7-16(15)27-19/h4-12H,1-3H3,(H,22,25)(H2,20,21,26)/b23-19-. The summed E-state index contributed by atoms with van der Waals surface area (Å²) in [5.74, 6) is -0.314. The largest absolute Gasteiger partial charge is 0.336 e. The second kappa shape index (κ2) is 8.05. The lowest BCUT2D eigenvalue weighted by molar-refractivity contribution is 0.0953. The number of urea groups is 1. The number of amides is 3. The van der Waals surface area contributed by atoms with Crippen LogP contribution in [0.2, 0.25) is 0 Å². The van der Waals surface area contributed by atoms with Gasteiger partial charge in [0.1, 0.15) is 0 Å². The molecular formula is C19H21N5O2S. The van der Waals surface area contributed by atoms with E-state index >= 15 is 0 Å². The van der Waals surface area contributed by atoms with Gasteiger partial charge in [-0.3, -0.25) is 4.79 Å². The first-order valence-electron chi connectivity index (χ1n) is 8.50. The second-order valence-electron chi connectivity index (χ2n) is 6.29. The summed E-state index contributed by atoms with van der Waals surface area (Å²) in [7, 11) is 1.91. The molecule has 3 aromatic rings. The molecule has 3 N–H and O–H groups in total. The van der Waals surface area contributed by atoms with Crippen LogP contribution in [-0.4, -0.2) is 22.5 Å². The van der Waals surface area contributed by atoms with Gasteiger partial charge in [0.25, 0.3) is 5.91 Å². The fourth-order valence-corrected chi connectivity index (χ4v) is 3.47. The van der Waals surface area contributed by atoms with Crippen LogP contribution in [0.15, 0.2) is 53.6 Å². The van der Waals surface area contributed by atoms with Gasteiger partial charge in [0, 0.05) is 24.3 Å². The van der Waals surface area contributed by atoms with Gasteiger partial charge in [-0.2, -0.15) is 0 Å². The molecule has 1 heterocycles. The highest BCUT2D eigenvalue weighted by atomic mass is 32.1. The molecule has 0 radical (unpaired) electrons. The van der Waals surface area contributed by atoms with Crippen LogP contribution in [0.1, 0.15) is 24.2 Å². The minimum absolute atomic E-state index is 0.0480. The average molecular weight is 383 g/mol. The number of aromatic nitrogens is 1. The number of benzene rings is 2. The molecule has 0 saturated carbocycles. The molecule has 0 saturated heterocycles. The number of hydrogen-bond acceptors (Lipinski definition) is 4. The number of nitrogens with zero attached hydrogens (tertiary/aromatic N) is 2. The van der Waals surface area contributed by atoms with Crippen molar-refractivity contribution in [1.29, 1.82) is 0 Å². The number of carbonyl (C=O) groups excluding carboxylic acids is 2. The van der Waals surface area contributed by atoms with Crippen molar-refractivity contribution in [2.45, 2.75) is 19.9 Å². The predicted molar refractivity (Wildman–Crippen MR) is 108 cm³/mol. The van der Waals surface area contributed by atoms with Gasteiger partial charge in [-0.1, -0.05) is 23.5 Å². The van der Waals surface area contributed by atoms with Gasteiger partial charge in [0.2, 0.25) is 4.80 Å². The van der Waals surface area contributed by atoms with Gasteiger partial charge >= 0.3 is 6.03 Å². The average Bonchev–Trinajstić information content (AvgIpc) is 2.96. The van der Waals surface area contributed by atoms with Crippen molar-refractivity contribution in [2.75, 3.05) is 5.32 Å². The van der Waals surface area contributed by atoms with Crippen LogP contribution in [0, 0.1) is 0 Å². The van der Waals surface area contributed by atoms with Crippen molar-refractivity contribution in [3.8, 4) is 0 Å². The highest BCUT2D eigenvalue weighted by Gasteiger charge is 2.07. The van der Waals surface area contributed by atoms with E-state index in [1.807, 2.05) is 49.7 Å². The number of thiazole rings is 1. The van der Waals surface area contributed by atoms with Crippen LogP contribution < -0.4 is 20.9 Å². The van der Waals surface area contributed by atoms with Crippen LogP contribution in [0.25, 0.3) is 10.2 Å². The van der Waals surface area contributed by atoms with Crippen LogP contribution in [0.5, 0.6) is 0 Å². The fourth-order valence-electron chi connectivity index (χ4n) is 2.49. The molecule has 0 fully saturated rings. The first-order valence-corrected chi connectivity index (χ1v) is 9.32. The molecular weight excluding hydrogens is 362 g/mol. The lowest BCUT2D eigenvalue weighted by atomic mass is 10.2. The van der Waals surface area contributed by atoms with Crippen LogP contribution in [-0.2, 0) is 7.05 Å². The Bertz CT molecular complexity index is 1030. The zero-order chi connectivity index (χ0) is 19.4. The topological polar surface area (TPSA) is 87.5 Å². The Kier molecular flexibility index (Phi) is 5.56. The fraction of sp³-hybridized carbons (Fsp3) is 0.211. The van der Waals surface area contributed by atoms with E-state index in [4.69, 9.17) is 0 Å². The van der Waals surface area contributed by atoms with Gasteiger partial charge in [-0.05, 0) is 50.2 Å². The van der Waals surface area contributed by atoms with Gasteiger partial charge in [0.15, 0.2) is 0 Å². The molecule has 0 bridgehead atoms. The summed E-state index contributed by atoms with van der Waals surface area (Å²) >= 11 is 1.50. The maximum atomic E-state index is 12.3. The molecule has 0 spiro atoms. The van der Waals surface area contributed by atoms with Crippen molar-refractivity contribution in [3.63, 3.8) is 0 Å². The Hall–Kier alpha value is -3.13. The summed E-state index contributed by atoms with van der Waals surface area (Å²) < 4.78 is 3.03. The number of hydrogen-bond donors (Lipinski definition) is 3. The molecule has 0 atom stereocenters. The van der Waals surface area contributed by atoms with Gasteiger partial charge in [0.05, 0.1) is 10.2 Å². The van der Waals surface area contributed by atoms with E-state index in [9.17, 15) is 9.59 Å². The van der Waals surface area contributed by atoms with Crippen molar-refractivity contribution in [2.24, 2.45) is 12.1 Å². The number of nitrogens with one attached hydrogen (secondary N) is 3. The van der Waals surface area contributed by atoms with E-state index in [0.717, 1.165) is 10.2 Å². The van der Waals surface area contributed by atoms with Gasteiger partial charge in [-0.15, -0.1) is 5.10 Å². The molecule has 140 valence electrons. The van der Waals surface area contributed by atoms with Crippen molar-refractivity contribution < 1.29 is 9.59 Å². The van der Waals surface area contributed by atoms with Crippen LogP contribution in [0.3, 0.4) is 0 Å². The van der Waals surface area contributed by atoms with E-state index < -0.39 is 0 Å². The molecule has 7 nitrogen and oxygen atoms in total. The van der Waals surface area contributed by atoms with Crippen LogP contribution >= 0.6 is 11.3 Å². The molecule has 8 heteroatoms. The highest BCUT2D eigenvalue weighted by Crippen LogP contribution is 2.15. The minimum Gasteiger partial charge on any atom is -0.336 e. The van der Waals surface area contributed by atoms with Gasteiger partial charge in [-0.25, -0.2) is 10.2 Å². The molecule has 27 heavy (non-hydrogen) atoms. The minimum atomic E-state index is -0.314. The van der Waals surface area contributed by atoms with E-state index in [1.54, 1.807) is 24.3 Å². The maximum Gasteiger partial charge on any atom is 0.319 e. The summed E-state index contributed by atoms with van der Waals surface area (Å²) in [6, 6.07) is 14.4. The number of rotatable bonds is 4. The molecule has 0 aliphatic rings. The Morgan fingerprint density at radius 3 is 2.44 bits per heavy atom. The lowest BCUT2D eigenvalue weighted by Crippen LogP contribution is -2.34. The van der Waals surface area contributed by atoms with Crippen LogP contribution in [0.4, 0.5) is 10.5 Å². The predicted octanol–water partition coefficient (Wildman–Crippen LogP) is 3.02. The summed E-state index contributed by atoms with van der Waals surface area (Å²) in [6.45, 7) is 3.76.